The van der Waals surface area contributed by atoms with Crippen LogP contribution in [0.1, 0.15) is 11.1 Å². The smallest absolute Gasteiger partial charge is 0.231 e. The number of rotatable bonds is 1. The van der Waals surface area contributed by atoms with Gasteiger partial charge in [-0.05, 0) is 42.3 Å². The first kappa shape index (κ1) is 11.0. The molecule has 1 aromatic carbocycles. The Morgan fingerprint density at radius 1 is 1.22 bits per heavy atom. The Labute approximate surface area is 106 Å². The van der Waals surface area contributed by atoms with Crippen LogP contribution in [0.2, 0.25) is 0 Å². The van der Waals surface area contributed by atoms with Crippen molar-refractivity contribution in [1.29, 1.82) is 0 Å². The van der Waals surface area contributed by atoms with Crippen molar-refractivity contribution >= 4 is 11.6 Å². The Balaban J connectivity index is 2.07. The van der Waals surface area contributed by atoms with Crippen LogP contribution in [0.3, 0.4) is 0 Å². The molecule has 18 heavy (non-hydrogen) atoms. The van der Waals surface area contributed by atoms with Crippen molar-refractivity contribution in [2.24, 2.45) is 0 Å². The maximum absolute atomic E-state index is 11.6. The lowest BCUT2D eigenvalue weighted by molar-refractivity contribution is -0.117. The minimum absolute atomic E-state index is 0.152. The highest BCUT2D eigenvalue weighted by molar-refractivity contribution is 6.01. The van der Waals surface area contributed by atoms with Crippen molar-refractivity contribution in [2.45, 2.75) is 13.3 Å². The molecule has 0 atom stereocenters. The molecule has 3 nitrogen and oxygen atoms in total. The van der Waals surface area contributed by atoms with Gasteiger partial charge in [-0.1, -0.05) is 6.07 Å². The fourth-order valence-electron chi connectivity index (χ4n) is 2.32. The van der Waals surface area contributed by atoms with Gasteiger partial charge in [0.1, 0.15) is 0 Å². The molecule has 1 aliphatic heterocycles. The van der Waals surface area contributed by atoms with E-state index in [1.807, 2.05) is 31.4 Å². The molecule has 0 aliphatic carbocycles. The maximum Gasteiger partial charge on any atom is 0.231 e. The first-order chi connectivity index (χ1) is 8.65. The van der Waals surface area contributed by atoms with E-state index in [2.05, 4.69) is 24.0 Å². The maximum atomic E-state index is 11.6. The van der Waals surface area contributed by atoms with Gasteiger partial charge in [-0.2, -0.15) is 0 Å². The Morgan fingerprint density at radius 2 is 2.06 bits per heavy atom. The molecule has 0 fully saturated rings. The summed E-state index contributed by atoms with van der Waals surface area (Å²) in [5, 5.41) is 0. The van der Waals surface area contributed by atoms with E-state index in [-0.39, 0.29) is 5.91 Å². The highest BCUT2D eigenvalue weighted by Crippen LogP contribution is 2.31. The number of likely N-dealkylation sites (N-methyl/N-ethyl adjacent to an activating group) is 1. The molecule has 0 unspecified atom stereocenters. The third kappa shape index (κ3) is 1.68. The molecule has 0 N–H and O–H groups in total. The molecular weight excluding hydrogens is 224 g/mol. The van der Waals surface area contributed by atoms with Gasteiger partial charge < -0.3 is 4.90 Å². The summed E-state index contributed by atoms with van der Waals surface area (Å²) in [5.74, 6) is 0.152. The SMILES string of the molecule is Cc1ccnc(-c2ccc3c(c2)CC(=O)N3C)c1. The average molecular weight is 238 g/mol. The van der Waals surface area contributed by atoms with Gasteiger partial charge in [0.05, 0.1) is 12.1 Å². The monoisotopic (exact) mass is 238 g/mol. The van der Waals surface area contributed by atoms with Crippen LogP contribution in [0.25, 0.3) is 11.3 Å². The lowest BCUT2D eigenvalue weighted by Gasteiger charge is -2.10. The standard InChI is InChI=1S/C15H14N2O/c1-10-5-6-16-13(7-10)11-3-4-14-12(8-11)9-15(18)17(14)2/h3-8H,9H2,1-2H3. The molecule has 90 valence electrons. The second kappa shape index (κ2) is 3.95. The van der Waals surface area contributed by atoms with Gasteiger partial charge >= 0.3 is 0 Å². The summed E-state index contributed by atoms with van der Waals surface area (Å²) in [7, 11) is 1.82. The van der Waals surface area contributed by atoms with Crippen LogP contribution >= 0.6 is 0 Å². The summed E-state index contributed by atoms with van der Waals surface area (Å²) < 4.78 is 0. The molecule has 3 heteroatoms. The number of benzene rings is 1. The molecule has 0 bridgehead atoms. The molecule has 1 aliphatic rings. The van der Waals surface area contributed by atoms with Crippen LogP contribution in [0.4, 0.5) is 5.69 Å². The van der Waals surface area contributed by atoms with Crippen molar-refractivity contribution in [1.82, 2.24) is 4.98 Å². The fraction of sp³-hybridized carbons (Fsp3) is 0.200. The van der Waals surface area contributed by atoms with E-state index >= 15 is 0 Å². The van der Waals surface area contributed by atoms with Crippen molar-refractivity contribution in [3.63, 3.8) is 0 Å². The summed E-state index contributed by atoms with van der Waals surface area (Å²) in [6, 6.07) is 10.1. The Hall–Kier alpha value is -2.16. The zero-order chi connectivity index (χ0) is 12.7. The molecule has 0 radical (unpaired) electrons. The Morgan fingerprint density at radius 3 is 2.83 bits per heavy atom. The van der Waals surface area contributed by atoms with E-state index in [1.54, 1.807) is 4.90 Å². The molecule has 1 aromatic heterocycles. The lowest BCUT2D eigenvalue weighted by atomic mass is 10.0. The van der Waals surface area contributed by atoms with Crippen LogP contribution in [0.15, 0.2) is 36.5 Å². The van der Waals surface area contributed by atoms with Gasteiger partial charge in [0.15, 0.2) is 0 Å². The largest absolute Gasteiger partial charge is 0.315 e. The molecule has 2 aromatic rings. The quantitative estimate of drug-likeness (QED) is 0.765. The topological polar surface area (TPSA) is 33.2 Å². The molecule has 0 saturated carbocycles. The molecule has 1 amide bonds. The number of hydrogen-bond donors (Lipinski definition) is 0. The summed E-state index contributed by atoms with van der Waals surface area (Å²) >= 11 is 0. The van der Waals surface area contributed by atoms with E-state index in [0.717, 1.165) is 22.5 Å². The molecule has 3 rings (SSSR count). The second-order valence-electron chi connectivity index (χ2n) is 4.69. The lowest BCUT2D eigenvalue weighted by Crippen LogP contribution is -2.20. The summed E-state index contributed by atoms with van der Waals surface area (Å²) in [5.41, 5.74) is 5.31. The third-order valence-electron chi connectivity index (χ3n) is 3.37. The number of nitrogens with zero attached hydrogens (tertiary/aromatic N) is 2. The van der Waals surface area contributed by atoms with Crippen LogP contribution in [-0.4, -0.2) is 17.9 Å². The highest BCUT2D eigenvalue weighted by atomic mass is 16.2. The van der Waals surface area contributed by atoms with Gasteiger partial charge in [-0.25, -0.2) is 0 Å². The number of carbonyl (C=O) groups is 1. The summed E-state index contributed by atoms with van der Waals surface area (Å²) in [4.78, 5) is 17.7. The van der Waals surface area contributed by atoms with Crippen LogP contribution < -0.4 is 4.90 Å². The van der Waals surface area contributed by atoms with Gasteiger partial charge in [-0.3, -0.25) is 9.78 Å². The van der Waals surface area contributed by atoms with E-state index < -0.39 is 0 Å². The van der Waals surface area contributed by atoms with Crippen molar-refractivity contribution in [2.75, 3.05) is 11.9 Å². The van der Waals surface area contributed by atoms with Crippen LogP contribution in [0, 0.1) is 6.92 Å². The van der Waals surface area contributed by atoms with Gasteiger partial charge in [-0.15, -0.1) is 0 Å². The van der Waals surface area contributed by atoms with Gasteiger partial charge in [0, 0.05) is 24.5 Å². The number of amides is 1. The summed E-state index contributed by atoms with van der Waals surface area (Å²) in [6.45, 7) is 2.05. The number of carbonyl (C=O) groups excluding carboxylic acids is 1. The van der Waals surface area contributed by atoms with Gasteiger partial charge in [0.25, 0.3) is 0 Å². The first-order valence-corrected chi connectivity index (χ1v) is 5.97. The van der Waals surface area contributed by atoms with E-state index in [0.29, 0.717) is 6.42 Å². The predicted octanol–water partition coefficient (Wildman–Crippen LogP) is 2.58. The van der Waals surface area contributed by atoms with E-state index in [9.17, 15) is 4.79 Å². The normalized spacial score (nSPS) is 13.9. The number of aromatic nitrogens is 1. The zero-order valence-electron chi connectivity index (χ0n) is 10.5. The van der Waals surface area contributed by atoms with E-state index in [4.69, 9.17) is 0 Å². The molecule has 2 heterocycles. The van der Waals surface area contributed by atoms with Gasteiger partial charge in [0.2, 0.25) is 5.91 Å². The van der Waals surface area contributed by atoms with E-state index in [1.165, 1.54) is 5.56 Å². The first-order valence-electron chi connectivity index (χ1n) is 5.97. The van der Waals surface area contributed by atoms with Crippen LogP contribution in [-0.2, 0) is 11.2 Å². The Bertz CT molecular complexity index is 634. The molecule has 0 spiro atoms. The number of fused-ring (bicyclic) bond motifs is 1. The number of anilines is 1. The molecular formula is C15H14N2O. The second-order valence-corrected chi connectivity index (χ2v) is 4.69. The number of hydrogen-bond acceptors (Lipinski definition) is 2. The fourth-order valence-corrected chi connectivity index (χ4v) is 2.32. The zero-order valence-corrected chi connectivity index (χ0v) is 10.5. The van der Waals surface area contributed by atoms with Crippen molar-refractivity contribution in [3.8, 4) is 11.3 Å². The predicted molar refractivity (Wildman–Crippen MR) is 71.5 cm³/mol. The number of pyridine rings is 1. The van der Waals surface area contributed by atoms with Crippen LogP contribution in [0.5, 0.6) is 0 Å². The highest BCUT2D eigenvalue weighted by Gasteiger charge is 2.23. The minimum atomic E-state index is 0.152. The summed E-state index contributed by atoms with van der Waals surface area (Å²) in [6.07, 6.45) is 2.31. The van der Waals surface area contributed by atoms with Crippen molar-refractivity contribution < 1.29 is 4.79 Å². The molecule has 0 saturated heterocycles. The minimum Gasteiger partial charge on any atom is -0.315 e. The van der Waals surface area contributed by atoms with Crippen molar-refractivity contribution in [3.05, 3.63) is 47.7 Å². The third-order valence-corrected chi connectivity index (χ3v) is 3.37. The average Bonchev–Trinajstić information content (AvgIpc) is 2.65. The number of aryl methyl sites for hydroxylation is 1. The Kier molecular flexibility index (Phi) is 2.40.